The summed E-state index contributed by atoms with van der Waals surface area (Å²) in [5, 5.41) is 0. The van der Waals surface area contributed by atoms with E-state index in [1.54, 1.807) is 0 Å². The highest BCUT2D eigenvalue weighted by atomic mass is 32.3. The lowest BCUT2D eigenvalue weighted by Crippen LogP contribution is -2.22. The van der Waals surface area contributed by atoms with Crippen molar-refractivity contribution in [1.82, 2.24) is 0 Å². The summed E-state index contributed by atoms with van der Waals surface area (Å²) in [7, 11) is -4.23. The van der Waals surface area contributed by atoms with Crippen LogP contribution in [0.3, 0.4) is 0 Å². The first kappa shape index (κ1) is 23.8. The molecule has 1 saturated carbocycles. The molecule has 146 valence electrons. The van der Waals surface area contributed by atoms with Crippen LogP contribution in [0.5, 0.6) is 0 Å². The van der Waals surface area contributed by atoms with Crippen molar-refractivity contribution in [2.24, 2.45) is 5.73 Å². The Bertz CT molecular complexity index is 354. The molecule has 0 unspecified atom stereocenters. The summed E-state index contributed by atoms with van der Waals surface area (Å²) in [6, 6.07) is 0.536. The monoisotopic (exact) mass is 365 g/mol. The topological polar surface area (TPSA) is 89.6 Å². The normalized spacial score (nSPS) is 15.8. The molecular weight excluding hydrogens is 326 g/mol. The van der Waals surface area contributed by atoms with Gasteiger partial charge in [-0.3, -0.25) is 4.55 Å². The highest BCUT2D eigenvalue weighted by molar-refractivity contribution is 7.80. The fourth-order valence-corrected chi connectivity index (χ4v) is 3.22. The standard InChI is InChI=1S/C12H26O4S.C6H13N/c1-2-3-4-5-6-7-8-9-10-11-12-16-17(13,14)15;7-6-4-2-1-3-5-6/h2-12H2,1H3,(H,13,14,15);6H,1-5,7H2. The van der Waals surface area contributed by atoms with Gasteiger partial charge in [-0.15, -0.1) is 0 Å². The number of hydrogen-bond acceptors (Lipinski definition) is 4. The van der Waals surface area contributed by atoms with Crippen molar-refractivity contribution in [2.45, 2.75) is 109 Å². The zero-order valence-electron chi connectivity index (χ0n) is 15.5. The van der Waals surface area contributed by atoms with Gasteiger partial charge in [-0.1, -0.05) is 84.0 Å². The van der Waals surface area contributed by atoms with E-state index in [-0.39, 0.29) is 6.61 Å². The summed E-state index contributed by atoms with van der Waals surface area (Å²) < 4.78 is 33.0. The molecular formula is C18H39NO4S. The Morgan fingerprint density at radius 3 is 1.71 bits per heavy atom. The van der Waals surface area contributed by atoms with E-state index in [9.17, 15) is 8.42 Å². The third kappa shape index (κ3) is 19.9. The average Bonchev–Trinajstić information content (AvgIpc) is 2.53. The van der Waals surface area contributed by atoms with E-state index < -0.39 is 10.4 Å². The maximum atomic E-state index is 10.2. The van der Waals surface area contributed by atoms with E-state index in [2.05, 4.69) is 11.1 Å². The lowest BCUT2D eigenvalue weighted by molar-refractivity contribution is 0.261. The van der Waals surface area contributed by atoms with Gasteiger partial charge >= 0.3 is 10.4 Å². The summed E-state index contributed by atoms with van der Waals surface area (Å²) >= 11 is 0. The van der Waals surface area contributed by atoms with E-state index in [1.165, 1.54) is 77.0 Å². The second-order valence-electron chi connectivity index (χ2n) is 6.83. The minimum Gasteiger partial charge on any atom is -0.328 e. The first-order valence-corrected chi connectivity index (χ1v) is 11.2. The van der Waals surface area contributed by atoms with Crippen LogP contribution in [0.4, 0.5) is 0 Å². The van der Waals surface area contributed by atoms with Crippen LogP contribution in [0.25, 0.3) is 0 Å². The van der Waals surface area contributed by atoms with Crippen LogP contribution in [-0.2, 0) is 14.6 Å². The maximum absolute atomic E-state index is 10.2. The maximum Gasteiger partial charge on any atom is 0.397 e. The molecule has 1 fully saturated rings. The van der Waals surface area contributed by atoms with Crippen LogP contribution in [0.1, 0.15) is 103 Å². The third-order valence-corrected chi connectivity index (χ3v) is 4.84. The van der Waals surface area contributed by atoms with Crippen molar-refractivity contribution < 1.29 is 17.2 Å². The molecule has 0 atom stereocenters. The zero-order chi connectivity index (χ0) is 18.1. The number of rotatable bonds is 12. The van der Waals surface area contributed by atoms with Gasteiger partial charge < -0.3 is 5.73 Å². The quantitative estimate of drug-likeness (QED) is 0.375. The second-order valence-corrected chi connectivity index (χ2v) is 7.92. The largest absolute Gasteiger partial charge is 0.397 e. The second kappa shape index (κ2) is 16.3. The number of nitrogens with two attached hydrogens (primary N) is 1. The van der Waals surface area contributed by atoms with Crippen molar-refractivity contribution in [2.75, 3.05) is 6.61 Å². The van der Waals surface area contributed by atoms with E-state index in [0.29, 0.717) is 12.5 Å². The number of hydrogen-bond donors (Lipinski definition) is 2. The number of unbranched alkanes of at least 4 members (excludes halogenated alkanes) is 9. The van der Waals surface area contributed by atoms with Crippen molar-refractivity contribution in [3.63, 3.8) is 0 Å². The van der Waals surface area contributed by atoms with Crippen molar-refractivity contribution in [3.8, 4) is 0 Å². The van der Waals surface area contributed by atoms with E-state index >= 15 is 0 Å². The Morgan fingerprint density at radius 1 is 0.875 bits per heavy atom. The summed E-state index contributed by atoms with van der Waals surface area (Å²) in [6.07, 6.45) is 18.5. The van der Waals surface area contributed by atoms with Gasteiger partial charge in [-0.05, 0) is 19.3 Å². The highest BCUT2D eigenvalue weighted by Gasteiger charge is 2.06. The van der Waals surface area contributed by atoms with E-state index in [1.807, 2.05) is 0 Å². The summed E-state index contributed by atoms with van der Waals surface area (Å²) in [6.45, 7) is 2.31. The molecule has 0 spiro atoms. The van der Waals surface area contributed by atoms with Crippen LogP contribution >= 0.6 is 0 Å². The fourth-order valence-electron chi connectivity index (χ4n) is 2.89. The zero-order valence-corrected chi connectivity index (χ0v) is 16.4. The molecule has 0 bridgehead atoms. The van der Waals surface area contributed by atoms with Crippen LogP contribution in [0.2, 0.25) is 0 Å². The van der Waals surface area contributed by atoms with Crippen LogP contribution in [-0.4, -0.2) is 25.6 Å². The first-order valence-electron chi connectivity index (χ1n) is 9.83. The minimum absolute atomic E-state index is 0.0926. The molecule has 0 aliphatic heterocycles. The van der Waals surface area contributed by atoms with E-state index in [4.69, 9.17) is 10.3 Å². The molecule has 0 amide bonds. The lowest BCUT2D eigenvalue weighted by Gasteiger charge is -2.15. The molecule has 0 aromatic rings. The van der Waals surface area contributed by atoms with Crippen molar-refractivity contribution >= 4 is 10.4 Å². The van der Waals surface area contributed by atoms with Gasteiger partial charge in [0.15, 0.2) is 0 Å². The summed E-state index contributed by atoms with van der Waals surface area (Å²) in [5.74, 6) is 0. The van der Waals surface area contributed by atoms with Gasteiger partial charge in [-0.2, -0.15) is 8.42 Å². The van der Waals surface area contributed by atoms with Crippen LogP contribution in [0.15, 0.2) is 0 Å². The summed E-state index contributed by atoms with van der Waals surface area (Å²) in [5.41, 5.74) is 5.63. The predicted molar refractivity (Wildman–Crippen MR) is 100 cm³/mol. The average molecular weight is 366 g/mol. The van der Waals surface area contributed by atoms with Crippen LogP contribution in [0, 0.1) is 0 Å². The lowest BCUT2D eigenvalue weighted by atomic mass is 9.97. The van der Waals surface area contributed by atoms with Gasteiger partial charge in [0.2, 0.25) is 0 Å². The molecule has 1 rings (SSSR count). The van der Waals surface area contributed by atoms with Gasteiger partial charge in [0.05, 0.1) is 6.61 Å². The molecule has 24 heavy (non-hydrogen) atoms. The van der Waals surface area contributed by atoms with Crippen LogP contribution < -0.4 is 5.73 Å². The molecule has 6 heteroatoms. The fraction of sp³-hybridized carbons (Fsp3) is 1.00. The molecule has 0 aromatic heterocycles. The minimum atomic E-state index is -4.23. The van der Waals surface area contributed by atoms with Gasteiger partial charge in [0.25, 0.3) is 0 Å². The Hall–Kier alpha value is -0.170. The van der Waals surface area contributed by atoms with E-state index in [0.717, 1.165) is 12.8 Å². The molecule has 0 aromatic carbocycles. The molecule has 1 aliphatic rings. The van der Waals surface area contributed by atoms with Crippen molar-refractivity contribution in [1.29, 1.82) is 0 Å². The SMILES string of the molecule is CCCCCCCCCCCCOS(=O)(=O)O.NC1CCCCC1. The first-order chi connectivity index (χ1) is 11.5. The smallest absolute Gasteiger partial charge is 0.328 e. The molecule has 0 radical (unpaired) electrons. The van der Waals surface area contributed by atoms with Gasteiger partial charge in [0, 0.05) is 6.04 Å². The Labute approximate surface area is 149 Å². The van der Waals surface area contributed by atoms with Gasteiger partial charge in [-0.25, -0.2) is 4.18 Å². The molecule has 3 N–H and O–H groups in total. The molecule has 1 aliphatic carbocycles. The Morgan fingerprint density at radius 2 is 1.33 bits per heavy atom. The third-order valence-electron chi connectivity index (χ3n) is 4.38. The van der Waals surface area contributed by atoms with Gasteiger partial charge in [0.1, 0.15) is 0 Å². The summed E-state index contributed by atoms with van der Waals surface area (Å²) in [4.78, 5) is 0. The Kier molecular flexibility index (Phi) is 16.2. The molecule has 0 saturated heterocycles. The highest BCUT2D eigenvalue weighted by Crippen LogP contribution is 2.14. The molecule has 0 heterocycles. The molecule has 5 nitrogen and oxygen atoms in total. The Balaban J connectivity index is 0.000000620. The van der Waals surface area contributed by atoms with Crippen molar-refractivity contribution in [3.05, 3.63) is 0 Å². The predicted octanol–water partition coefficient (Wildman–Crippen LogP) is 5.00.